The summed E-state index contributed by atoms with van der Waals surface area (Å²) in [4.78, 5) is 16.8. The van der Waals surface area contributed by atoms with Crippen molar-refractivity contribution in [3.8, 4) is 39.9 Å². The van der Waals surface area contributed by atoms with E-state index in [1.807, 2.05) is 40.7 Å². The minimum atomic E-state index is -1.09. The van der Waals surface area contributed by atoms with Crippen LogP contribution in [0.2, 0.25) is 0 Å². The topological polar surface area (TPSA) is 148 Å². The lowest BCUT2D eigenvalue weighted by Gasteiger charge is -2.35. The molecule has 4 aromatic carbocycles. The molecule has 38 heavy (non-hydrogen) atoms. The molecular weight excluding hydrogens is 488 g/mol. The van der Waals surface area contributed by atoms with Gasteiger partial charge in [-0.1, -0.05) is 39.8 Å². The van der Waals surface area contributed by atoms with Crippen LogP contribution < -0.4 is 0 Å². The second kappa shape index (κ2) is 8.51. The fourth-order valence-corrected chi connectivity index (χ4v) is 6.25. The van der Waals surface area contributed by atoms with Crippen molar-refractivity contribution in [1.29, 1.82) is 0 Å². The van der Waals surface area contributed by atoms with Gasteiger partial charge in [0.25, 0.3) is 0 Å². The molecule has 1 aliphatic carbocycles. The van der Waals surface area contributed by atoms with E-state index in [9.17, 15) is 35.6 Å². The molecule has 0 saturated carbocycles. The number of hydrogen-bond donors (Lipinski definition) is 6. The SMILES string of the molecule is Cc1cc2c(C(C)C)c(O)c(O)c(C=O)c2c(O)c1-c1c(C)cc2c(C(C)C)c(O)c(O)c3c2c1C3OO. The summed E-state index contributed by atoms with van der Waals surface area (Å²) in [6.07, 6.45) is -0.692. The van der Waals surface area contributed by atoms with Crippen molar-refractivity contribution in [1.82, 2.24) is 0 Å². The summed E-state index contributed by atoms with van der Waals surface area (Å²) in [7, 11) is 0. The van der Waals surface area contributed by atoms with E-state index >= 15 is 0 Å². The predicted octanol–water partition coefficient (Wildman–Crippen LogP) is 6.76. The first kappa shape index (κ1) is 25.6. The maximum Gasteiger partial charge on any atom is 0.169 e. The van der Waals surface area contributed by atoms with Crippen LogP contribution in [0.3, 0.4) is 0 Å². The fraction of sp³-hybridized carbons (Fsp3) is 0.300. The highest BCUT2D eigenvalue weighted by molar-refractivity contribution is 6.13. The van der Waals surface area contributed by atoms with Crippen molar-refractivity contribution in [2.45, 2.75) is 59.5 Å². The van der Waals surface area contributed by atoms with Crippen molar-refractivity contribution in [2.75, 3.05) is 0 Å². The molecule has 0 aromatic heterocycles. The van der Waals surface area contributed by atoms with E-state index in [4.69, 9.17) is 4.89 Å². The van der Waals surface area contributed by atoms with Crippen LogP contribution in [-0.2, 0) is 4.89 Å². The Bertz CT molecular complexity index is 1700. The Labute approximate surface area is 218 Å². The van der Waals surface area contributed by atoms with Crippen molar-refractivity contribution >= 4 is 27.8 Å². The molecule has 1 aliphatic rings. The first-order chi connectivity index (χ1) is 17.9. The zero-order valence-corrected chi connectivity index (χ0v) is 22.0. The monoisotopic (exact) mass is 518 g/mol. The Morgan fingerprint density at radius 2 is 1.21 bits per heavy atom. The minimum Gasteiger partial charge on any atom is -0.507 e. The van der Waals surface area contributed by atoms with Gasteiger partial charge in [-0.2, -0.15) is 0 Å². The second-order valence-corrected chi connectivity index (χ2v) is 10.7. The van der Waals surface area contributed by atoms with Crippen molar-refractivity contribution in [3.63, 3.8) is 0 Å². The number of benzene rings is 4. The van der Waals surface area contributed by atoms with E-state index in [1.165, 1.54) is 0 Å². The number of phenolic OH excluding ortho intramolecular Hbond substituents is 5. The first-order valence-corrected chi connectivity index (χ1v) is 12.4. The lowest BCUT2D eigenvalue weighted by Crippen LogP contribution is -2.19. The van der Waals surface area contributed by atoms with Crippen LogP contribution in [0.25, 0.3) is 32.7 Å². The maximum absolute atomic E-state index is 12.1. The van der Waals surface area contributed by atoms with Gasteiger partial charge in [-0.05, 0) is 58.5 Å². The number of aldehydes is 1. The lowest BCUT2D eigenvalue weighted by atomic mass is 9.72. The summed E-state index contributed by atoms with van der Waals surface area (Å²) in [5.74, 6) is -2.27. The summed E-state index contributed by atoms with van der Waals surface area (Å²) in [5, 5.41) is 66.3. The molecule has 6 N–H and O–H groups in total. The van der Waals surface area contributed by atoms with Crippen LogP contribution in [0.15, 0.2) is 12.1 Å². The van der Waals surface area contributed by atoms with E-state index in [2.05, 4.69) is 0 Å². The highest BCUT2D eigenvalue weighted by Crippen LogP contribution is 2.60. The number of phenols is 5. The van der Waals surface area contributed by atoms with Gasteiger partial charge in [-0.15, -0.1) is 0 Å². The minimum absolute atomic E-state index is 0.101. The molecule has 4 aromatic rings. The number of rotatable bonds is 5. The fourth-order valence-electron chi connectivity index (χ4n) is 6.25. The van der Waals surface area contributed by atoms with Crippen molar-refractivity contribution < 1.29 is 40.5 Å². The molecule has 0 spiro atoms. The van der Waals surface area contributed by atoms with Gasteiger partial charge in [0.15, 0.2) is 29.3 Å². The van der Waals surface area contributed by atoms with Crippen LogP contribution in [0, 0.1) is 13.8 Å². The quantitative estimate of drug-likeness (QED) is 0.0735. The van der Waals surface area contributed by atoms with Gasteiger partial charge in [-0.25, -0.2) is 4.89 Å². The zero-order valence-electron chi connectivity index (χ0n) is 22.0. The number of fused-ring (bicyclic) bond motifs is 1. The summed E-state index contributed by atoms with van der Waals surface area (Å²) in [6.45, 7) is 11.1. The summed E-state index contributed by atoms with van der Waals surface area (Å²) >= 11 is 0. The van der Waals surface area contributed by atoms with Crippen LogP contribution in [0.4, 0.5) is 0 Å². The third-order valence-corrected chi connectivity index (χ3v) is 7.80. The normalized spacial score (nSPS) is 14.6. The average molecular weight is 519 g/mol. The molecule has 1 atom stereocenters. The van der Waals surface area contributed by atoms with Gasteiger partial charge in [0.2, 0.25) is 0 Å². The molecular formula is C30H30O8. The molecule has 0 aliphatic heterocycles. The van der Waals surface area contributed by atoms with Crippen molar-refractivity contribution in [2.24, 2.45) is 0 Å². The molecule has 1 unspecified atom stereocenters. The highest BCUT2D eigenvalue weighted by atomic mass is 17.1. The van der Waals surface area contributed by atoms with Crippen molar-refractivity contribution in [3.05, 3.63) is 51.1 Å². The number of hydrogen-bond acceptors (Lipinski definition) is 8. The number of aromatic hydroxyl groups is 5. The second-order valence-electron chi connectivity index (χ2n) is 10.7. The largest absolute Gasteiger partial charge is 0.507 e. The highest BCUT2D eigenvalue weighted by Gasteiger charge is 2.41. The third-order valence-electron chi connectivity index (χ3n) is 7.80. The van der Waals surface area contributed by atoms with Gasteiger partial charge < -0.3 is 25.5 Å². The number of carbonyl (C=O) groups excluding carboxylic acids is 1. The Kier molecular flexibility index (Phi) is 5.74. The predicted molar refractivity (Wildman–Crippen MR) is 144 cm³/mol. The molecule has 0 saturated heterocycles. The molecule has 0 amide bonds. The lowest BCUT2D eigenvalue weighted by molar-refractivity contribution is -0.272. The first-order valence-electron chi connectivity index (χ1n) is 12.4. The van der Waals surface area contributed by atoms with Gasteiger partial charge in [0, 0.05) is 33.2 Å². The van der Waals surface area contributed by atoms with E-state index in [0.717, 1.165) is 0 Å². The molecule has 0 radical (unpaired) electrons. The molecule has 5 rings (SSSR count). The Hall–Kier alpha value is -4.01. The Balaban J connectivity index is 1.98. The van der Waals surface area contributed by atoms with Gasteiger partial charge in [0.05, 0.1) is 5.56 Å². The molecule has 8 nitrogen and oxygen atoms in total. The molecule has 0 bridgehead atoms. The van der Waals surface area contributed by atoms with E-state index in [0.29, 0.717) is 61.4 Å². The van der Waals surface area contributed by atoms with E-state index in [1.54, 1.807) is 13.0 Å². The molecule has 198 valence electrons. The molecule has 0 heterocycles. The van der Waals surface area contributed by atoms with Crippen LogP contribution in [-0.4, -0.2) is 37.1 Å². The van der Waals surface area contributed by atoms with E-state index < -0.39 is 17.6 Å². The Morgan fingerprint density at radius 3 is 1.71 bits per heavy atom. The third kappa shape index (κ3) is 3.07. The van der Waals surface area contributed by atoms with Gasteiger partial charge >= 0.3 is 0 Å². The molecule has 0 fully saturated rings. The standard InChI is InChI=1S/C30H30O8/c1-10(2)17-14-8-13(6)20(26(33)21(14)16(9-31)25(32)27(17)34)19-12(5)7-15-18(11(3)4)28(35)29(36)24-22(15)23(19)30(24)38-37/h7-11,30,32-37H,1-6H3. The number of carbonyl (C=O) groups is 1. The van der Waals surface area contributed by atoms with E-state index in [-0.39, 0.29) is 45.6 Å². The van der Waals surface area contributed by atoms with Gasteiger partial charge in [0.1, 0.15) is 11.9 Å². The van der Waals surface area contributed by atoms with Crippen LogP contribution >= 0.6 is 0 Å². The average Bonchev–Trinajstić information content (AvgIpc) is 2.82. The summed E-state index contributed by atoms with van der Waals surface area (Å²) in [5.41, 5.74) is 3.70. The Morgan fingerprint density at radius 1 is 0.711 bits per heavy atom. The number of aryl methyl sites for hydroxylation is 2. The van der Waals surface area contributed by atoms with Crippen LogP contribution in [0.5, 0.6) is 28.7 Å². The van der Waals surface area contributed by atoms with Gasteiger partial charge in [-0.3, -0.25) is 10.1 Å². The maximum atomic E-state index is 12.1. The summed E-state index contributed by atoms with van der Waals surface area (Å²) < 4.78 is 0. The zero-order chi connectivity index (χ0) is 28.0. The van der Waals surface area contributed by atoms with Crippen LogP contribution in [0.1, 0.15) is 89.4 Å². The smallest absolute Gasteiger partial charge is 0.169 e. The summed E-state index contributed by atoms with van der Waals surface area (Å²) in [6, 6.07) is 3.61. The molecule has 8 heteroatoms.